The molecule has 0 fully saturated rings. The van der Waals surface area contributed by atoms with Gasteiger partial charge in [0.2, 0.25) is 5.91 Å². The normalized spacial score (nSPS) is 13.5. The third-order valence-corrected chi connectivity index (χ3v) is 4.45. The minimum atomic E-state index is -0.885. The molecule has 0 aliphatic heterocycles. The monoisotopic (exact) mass is 383 g/mol. The van der Waals surface area contributed by atoms with Crippen LogP contribution in [0.3, 0.4) is 0 Å². The fourth-order valence-corrected chi connectivity index (χ4v) is 2.63. The lowest BCUT2D eigenvalue weighted by molar-refractivity contribution is -0.142. The molecule has 0 spiro atoms. The first kappa shape index (κ1) is 19.7. The van der Waals surface area contributed by atoms with Gasteiger partial charge in [0.1, 0.15) is 0 Å². The van der Waals surface area contributed by atoms with Gasteiger partial charge in [-0.15, -0.1) is 0 Å². The van der Waals surface area contributed by atoms with Gasteiger partial charge in [0.15, 0.2) is 0 Å². The maximum atomic E-state index is 12.0. The van der Waals surface area contributed by atoms with Crippen molar-refractivity contribution in [3.8, 4) is 0 Å². The average molecular weight is 384 g/mol. The van der Waals surface area contributed by atoms with E-state index in [9.17, 15) is 14.7 Å². The van der Waals surface area contributed by atoms with Gasteiger partial charge < -0.3 is 10.4 Å². The van der Waals surface area contributed by atoms with Crippen molar-refractivity contribution in [1.82, 2.24) is 5.32 Å². The summed E-state index contributed by atoms with van der Waals surface area (Å²) in [7, 11) is 0. The van der Waals surface area contributed by atoms with Crippen LogP contribution < -0.4 is 5.32 Å². The molecule has 2 N–H and O–H groups in total. The Balaban J connectivity index is 2.80. The Hall–Kier alpha value is -1.36. The minimum Gasteiger partial charge on any atom is -0.481 e. The fraction of sp³-hybridized carbons (Fsp3) is 0.556. The van der Waals surface area contributed by atoms with E-state index < -0.39 is 17.3 Å². The summed E-state index contributed by atoms with van der Waals surface area (Å²) in [6.07, 6.45) is 0.453. The van der Waals surface area contributed by atoms with Crippen LogP contribution in [0.2, 0.25) is 0 Å². The molecule has 0 radical (unpaired) electrons. The number of halogens is 1. The average Bonchev–Trinajstić information content (AvgIpc) is 2.42. The Morgan fingerprint density at radius 2 is 1.65 bits per heavy atom. The predicted octanol–water partition coefficient (Wildman–Crippen LogP) is 3.98. The molecule has 128 valence electrons. The number of carbonyl (C=O) groups is 2. The highest BCUT2D eigenvalue weighted by Gasteiger charge is 2.30. The number of rotatable bonds is 6. The highest BCUT2D eigenvalue weighted by Crippen LogP contribution is 2.31. The lowest BCUT2D eigenvalue weighted by atomic mass is 9.77. The highest BCUT2D eigenvalue weighted by molar-refractivity contribution is 9.10. The van der Waals surface area contributed by atoms with Gasteiger partial charge in [-0.3, -0.25) is 9.59 Å². The first-order chi connectivity index (χ1) is 10.4. The molecule has 4 nitrogen and oxygen atoms in total. The lowest BCUT2D eigenvalue weighted by Crippen LogP contribution is -2.41. The standard InChI is InChI=1S/C18H26BrNO3/c1-17(2,3)16(23)20-11-12(15(21)22)10-18(4,5)13-6-8-14(19)9-7-13/h6-9,12H,10-11H2,1-5H3,(H,20,23)(H,21,22). The number of carboxylic acids is 1. The molecule has 0 saturated heterocycles. The van der Waals surface area contributed by atoms with Gasteiger partial charge >= 0.3 is 5.97 Å². The summed E-state index contributed by atoms with van der Waals surface area (Å²) in [6, 6.07) is 7.90. The molecule has 0 aromatic heterocycles. The van der Waals surface area contributed by atoms with E-state index in [2.05, 4.69) is 21.2 Å². The number of carbonyl (C=O) groups excluding carboxylic acids is 1. The van der Waals surface area contributed by atoms with E-state index in [1.165, 1.54) is 0 Å². The molecule has 1 unspecified atom stereocenters. The second-order valence-electron chi connectivity index (χ2n) is 7.59. The SMILES string of the molecule is CC(C)(C)C(=O)NCC(CC(C)(C)c1ccc(Br)cc1)C(=O)O. The summed E-state index contributed by atoms with van der Waals surface area (Å²) in [5.41, 5.74) is 0.259. The van der Waals surface area contributed by atoms with Crippen molar-refractivity contribution in [2.24, 2.45) is 11.3 Å². The Kier molecular flexibility index (Phi) is 6.40. The molecule has 0 aliphatic carbocycles. The largest absolute Gasteiger partial charge is 0.481 e. The molecule has 1 aromatic carbocycles. The first-order valence-electron chi connectivity index (χ1n) is 7.70. The molecule has 0 aliphatic rings. The quantitative estimate of drug-likeness (QED) is 0.780. The van der Waals surface area contributed by atoms with Crippen molar-refractivity contribution in [3.63, 3.8) is 0 Å². The lowest BCUT2D eigenvalue weighted by Gasteiger charge is -2.29. The van der Waals surface area contributed by atoms with Gasteiger partial charge in [0.05, 0.1) is 5.92 Å². The highest BCUT2D eigenvalue weighted by atomic mass is 79.9. The number of aliphatic carboxylic acids is 1. The summed E-state index contributed by atoms with van der Waals surface area (Å²) in [5, 5.41) is 12.2. The van der Waals surface area contributed by atoms with Crippen molar-refractivity contribution in [2.75, 3.05) is 6.54 Å². The second-order valence-corrected chi connectivity index (χ2v) is 8.51. The summed E-state index contributed by atoms with van der Waals surface area (Å²) in [6.45, 7) is 9.62. The van der Waals surface area contributed by atoms with Crippen molar-refractivity contribution in [1.29, 1.82) is 0 Å². The Morgan fingerprint density at radius 3 is 2.09 bits per heavy atom. The third kappa shape index (κ3) is 5.98. The maximum Gasteiger partial charge on any atom is 0.308 e. The molecule has 1 aromatic rings. The van der Waals surface area contributed by atoms with Gasteiger partial charge in [-0.25, -0.2) is 0 Å². The van der Waals surface area contributed by atoms with E-state index in [1.54, 1.807) is 0 Å². The van der Waals surface area contributed by atoms with E-state index in [-0.39, 0.29) is 17.9 Å². The van der Waals surface area contributed by atoms with Gasteiger partial charge in [-0.05, 0) is 29.5 Å². The molecular formula is C18H26BrNO3. The van der Waals surface area contributed by atoms with E-state index >= 15 is 0 Å². The zero-order valence-electron chi connectivity index (χ0n) is 14.4. The third-order valence-electron chi connectivity index (χ3n) is 3.92. The summed E-state index contributed by atoms with van der Waals surface area (Å²) >= 11 is 3.40. The van der Waals surface area contributed by atoms with E-state index in [0.29, 0.717) is 6.42 Å². The maximum absolute atomic E-state index is 12.0. The van der Waals surface area contributed by atoms with Crippen LogP contribution in [-0.2, 0) is 15.0 Å². The van der Waals surface area contributed by atoms with Crippen LogP contribution in [0.4, 0.5) is 0 Å². The molecule has 5 heteroatoms. The molecule has 0 bridgehead atoms. The van der Waals surface area contributed by atoms with Gasteiger partial charge in [-0.1, -0.05) is 62.7 Å². The molecular weight excluding hydrogens is 358 g/mol. The molecule has 23 heavy (non-hydrogen) atoms. The number of hydrogen-bond acceptors (Lipinski definition) is 2. The summed E-state index contributed by atoms with van der Waals surface area (Å²) < 4.78 is 0.990. The summed E-state index contributed by atoms with van der Waals surface area (Å²) in [4.78, 5) is 23.5. The van der Waals surface area contributed by atoms with Gasteiger partial charge in [-0.2, -0.15) is 0 Å². The van der Waals surface area contributed by atoms with E-state index in [4.69, 9.17) is 0 Å². The number of amides is 1. The molecule has 0 saturated carbocycles. The van der Waals surface area contributed by atoms with Crippen LogP contribution in [0.1, 0.15) is 46.6 Å². The number of nitrogens with one attached hydrogen (secondary N) is 1. The fourth-order valence-electron chi connectivity index (χ4n) is 2.36. The van der Waals surface area contributed by atoms with Crippen LogP contribution >= 0.6 is 15.9 Å². The van der Waals surface area contributed by atoms with E-state index in [0.717, 1.165) is 10.0 Å². The molecule has 0 heterocycles. The molecule has 1 rings (SSSR count). The second kappa shape index (κ2) is 7.47. The predicted molar refractivity (Wildman–Crippen MR) is 95.4 cm³/mol. The summed E-state index contributed by atoms with van der Waals surface area (Å²) in [5.74, 6) is -1.64. The Bertz CT molecular complexity index is 559. The van der Waals surface area contributed by atoms with Crippen LogP contribution in [0.15, 0.2) is 28.7 Å². The van der Waals surface area contributed by atoms with Crippen LogP contribution in [0, 0.1) is 11.3 Å². The van der Waals surface area contributed by atoms with Crippen molar-refractivity contribution in [3.05, 3.63) is 34.3 Å². The molecule has 1 amide bonds. The zero-order valence-corrected chi connectivity index (χ0v) is 16.0. The van der Waals surface area contributed by atoms with Crippen molar-refractivity contribution in [2.45, 2.75) is 46.5 Å². The number of benzene rings is 1. The van der Waals surface area contributed by atoms with E-state index in [1.807, 2.05) is 58.9 Å². The van der Waals surface area contributed by atoms with Gasteiger partial charge in [0, 0.05) is 16.4 Å². The van der Waals surface area contributed by atoms with Gasteiger partial charge in [0.25, 0.3) is 0 Å². The van der Waals surface area contributed by atoms with Crippen molar-refractivity contribution < 1.29 is 14.7 Å². The minimum absolute atomic E-state index is 0.134. The smallest absolute Gasteiger partial charge is 0.308 e. The molecule has 1 atom stereocenters. The Labute approximate surface area is 146 Å². The zero-order chi connectivity index (χ0) is 17.8. The van der Waals surface area contributed by atoms with Crippen LogP contribution in [0.5, 0.6) is 0 Å². The Morgan fingerprint density at radius 1 is 1.13 bits per heavy atom. The topological polar surface area (TPSA) is 66.4 Å². The van der Waals surface area contributed by atoms with Crippen LogP contribution in [0.25, 0.3) is 0 Å². The van der Waals surface area contributed by atoms with Crippen molar-refractivity contribution >= 4 is 27.8 Å². The number of carboxylic acid groups (broad SMARTS) is 1. The number of hydrogen-bond donors (Lipinski definition) is 2. The first-order valence-corrected chi connectivity index (χ1v) is 8.50. The van der Waals surface area contributed by atoms with Crippen LogP contribution in [-0.4, -0.2) is 23.5 Å².